The van der Waals surface area contributed by atoms with Crippen molar-refractivity contribution in [3.05, 3.63) is 35.4 Å². The van der Waals surface area contributed by atoms with Crippen molar-refractivity contribution in [1.29, 1.82) is 0 Å². The van der Waals surface area contributed by atoms with E-state index in [1.54, 1.807) is 12.1 Å². The van der Waals surface area contributed by atoms with Crippen LogP contribution in [0.2, 0.25) is 0 Å². The summed E-state index contributed by atoms with van der Waals surface area (Å²) in [5.74, 6) is 0. The van der Waals surface area contributed by atoms with Crippen molar-refractivity contribution in [3.8, 4) is 0 Å². The van der Waals surface area contributed by atoms with Gasteiger partial charge < -0.3 is 0 Å². The second-order valence-electron chi connectivity index (χ2n) is 2.82. The average Bonchev–Trinajstić information content (AvgIpc) is 2.20. The van der Waals surface area contributed by atoms with Crippen molar-refractivity contribution in [2.24, 2.45) is 0 Å². The number of fused-ring (bicyclic) bond motifs is 1. The van der Waals surface area contributed by atoms with Gasteiger partial charge >= 0.3 is 0 Å². The van der Waals surface area contributed by atoms with Crippen molar-refractivity contribution in [3.63, 3.8) is 0 Å². The van der Waals surface area contributed by atoms with Gasteiger partial charge in [-0.3, -0.25) is 0 Å². The van der Waals surface area contributed by atoms with Crippen molar-refractivity contribution in [2.75, 3.05) is 0 Å². The Kier molecular flexibility index (Phi) is 2.21. The van der Waals surface area contributed by atoms with Crippen LogP contribution >= 0.6 is 46.4 Å². The molecular formula is C8H5Cl4N. The van der Waals surface area contributed by atoms with E-state index < -0.39 is 8.91 Å². The Morgan fingerprint density at radius 3 is 1.62 bits per heavy atom. The summed E-state index contributed by atoms with van der Waals surface area (Å²) in [5.41, 5.74) is 1.40. The first-order valence-corrected chi connectivity index (χ1v) is 5.10. The molecular weight excluding hydrogens is 252 g/mol. The van der Waals surface area contributed by atoms with Crippen LogP contribution in [0.5, 0.6) is 0 Å². The fraction of sp³-hybridized carbons (Fsp3) is 0.250. The van der Waals surface area contributed by atoms with Crippen LogP contribution < -0.4 is 5.32 Å². The minimum atomic E-state index is -1.21. The maximum absolute atomic E-state index is 5.97. The Hall–Kier alpha value is 0.340. The lowest BCUT2D eigenvalue weighted by Gasteiger charge is -2.17. The fourth-order valence-electron chi connectivity index (χ4n) is 1.36. The Labute approximate surface area is 95.9 Å². The summed E-state index contributed by atoms with van der Waals surface area (Å²) in [6.07, 6.45) is 0. The van der Waals surface area contributed by atoms with E-state index >= 15 is 0 Å². The molecule has 13 heavy (non-hydrogen) atoms. The minimum Gasteiger partial charge on any atom is -0.247 e. The highest BCUT2D eigenvalue weighted by Gasteiger charge is 2.48. The summed E-state index contributed by atoms with van der Waals surface area (Å²) >= 11 is 23.9. The van der Waals surface area contributed by atoms with Gasteiger partial charge in [0.25, 0.3) is 0 Å². The maximum atomic E-state index is 5.97. The van der Waals surface area contributed by atoms with Gasteiger partial charge in [-0.05, 0) is 0 Å². The van der Waals surface area contributed by atoms with Gasteiger partial charge in [0.1, 0.15) is 0 Å². The van der Waals surface area contributed by atoms with Crippen molar-refractivity contribution < 1.29 is 0 Å². The van der Waals surface area contributed by atoms with E-state index in [4.69, 9.17) is 46.4 Å². The SMILES string of the molecule is ClC1(Cl)NC(Cl)(Cl)c2ccccc21. The Bertz CT molecular complexity index is 315. The number of halogens is 4. The van der Waals surface area contributed by atoms with Gasteiger partial charge in [-0.1, -0.05) is 70.7 Å². The molecule has 0 unspecified atom stereocenters. The Morgan fingerprint density at radius 2 is 1.23 bits per heavy atom. The number of nitrogens with one attached hydrogen (secondary N) is 1. The van der Waals surface area contributed by atoms with Gasteiger partial charge in [0.2, 0.25) is 0 Å². The summed E-state index contributed by atoms with van der Waals surface area (Å²) in [6, 6.07) is 7.23. The molecule has 0 bridgehead atoms. The van der Waals surface area contributed by atoms with E-state index in [0.29, 0.717) is 11.1 Å². The van der Waals surface area contributed by atoms with Crippen LogP contribution in [0.3, 0.4) is 0 Å². The molecule has 0 saturated heterocycles. The molecule has 5 heteroatoms. The highest BCUT2D eigenvalue weighted by molar-refractivity contribution is 6.53. The normalized spacial score (nSPS) is 22.8. The molecule has 0 aliphatic carbocycles. The zero-order valence-electron chi connectivity index (χ0n) is 6.32. The average molecular weight is 257 g/mol. The van der Waals surface area contributed by atoms with Gasteiger partial charge in [-0.15, -0.1) is 0 Å². The highest BCUT2D eigenvalue weighted by Crippen LogP contribution is 2.49. The first-order valence-electron chi connectivity index (χ1n) is 3.58. The third kappa shape index (κ3) is 1.53. The highest BCUT2D eigenvalue weighted by atomic mass is 35.5. The number of rotatable bonds is 0. The molecule has 2 rings (SSSR count). The molecule has 0 saturated carbocycles. The monoisotopic (exact) mass is 255 g/mol. The van der Waals surface area contributed by atoms with Crippen LogP contribution in [0.15, 0.2) is 24.3 Å². The quantitative estimate of drug-likeness (QED) is 0.554. The van der Waals surface area contributed by atoms with E-state index in [2.05, 4.69) is 5.32 Å². The first kappa shape index (κ1) is 9.88. The van der Waals surface area contributed by atoms with Crippen molar-refractivity contribution in [2.45, 2.75) is 8.91 Å². The first-order chi connectivity index (χ1) is 5.93. The topological polar surface area (TPSA) is 12.0 Å². The summed E-state index contributed by atoms with van der Waals surface area (Å²) < 4.78 is -2.42. The molecule has 1 heterocycles. The lowest BCUT2D eigenvalue weighted by atomic mass is 10.1. The smallest absolute Gasteiger partial charge is 0.197 e. The molecule has 1 N–H and O–H groups in total. The van der Waals surface area contributed by atoms with Crippen molar-refractivity contribution in [1.82, 2.24) is 5.32 Å². The van der Waals surface area contributed by atoms with Crippen LogP contribution in [-0.2, 0) is 8.91 Å². The third-order valence-corrected chi connectivity index (χ3v) is 3.11. The number of hydrogen-bond acceptors (Lipinski definition) is 1. The largest absolute Gasteiger partial charge is 0.247 e. The molecule has 1 nitrogen and oxygen atoms in total. The number of benzene rings is 1. The summed E-state index contributed by atoms with van der Waals surface area (Å²) in [4.78, 5) is 0. The maximum Gasteiger partial charge on any atom is 0.197 e. The predicted octanol–water partition coefficient (Wildman–Crippen LogP) is 3.47. The summed E-state index contributed by atoms with van der Waals surface area (Å²) in [5, 5.41) is 2.70. The zero-order valence-corrected chi connectivity index (χ0v) is 9.34. The van der Waals surface area contributed by atoms with E-state index in [1.807, 2.05) is 12.1 Å². The molecule has 0 amide bonds. The second kappa shape index (κ2) is 2.91. The molecule has 0 fully saturated rings. The Balaban J connectivity index is 2.64. The van der Waals surface area contributed by atoms with Crippen LogP contribution in [0.25, 0.3) is 0 Å². The molecule has 0 radical (unpaired) electrons. The van der Waals surface area contributed by atoms with Gasteiger partial charge in [0.05, 0.1) is 0 Å². The van der Waals surface area contributed by atoms with E-state index in [0.717, 1.165) is 0 Å². The Morgan fingerprint density at radius 1 is 0.846 bits per heavy atom. The van der Waals surface area contributed by atoms with Crippen LogP contribution in [0.1, 0.15) is 11.1 Å². The number of alkyl halides is 4. The van der Waals surface area contributed by atoms with Gasteiger partial charge in [-0.2, -0.15) is 0 Å². The molecule has 0 atom stereocenters. The zero-order chi connectivity index (χ0) is 9.69. The lowest BCUT2D eigenvalue weighted by Crippen LogP contribution is -2.33. The molecule has 1 aromatic rings. The lowest BCUT2D eigenvalue weighted by molar-refractivity contribution is 0.619. The molecule has 1 aliphatic heterocycles. The molecule has 1 aromatic carbocycles. The summed E-state index contributed by atoms with van der Waals surface area (Å²) in [7, 11) is 0. The summed E-state index contributed by atoms with van der Waals surface area (Å²) in [6.45, 7) is 0. The van der Waals surface area contributed by atoms with Crippen LogP contribution in [0.4, 0.5) is 0 Å². The molecule has 70 valence electrons. The molecule has 0 aromatic heterocycles. The fourth-order valence-corrected chi connectivity index (χ4v) is 2.78. The minimum absolute atomic E-state index is 0.698. The van der Waals surface area contributed by atoms with E-state index in [-0.39, 0.29) is 0 Å². The standard InChI is InChI=1S/C8H5Cl4N/c9-7(10)5-3-1-2-4-6(5)8(11,12)13-7/h1-4,13H. The van der Waals surface area contributed by atoms with Gasteiger partial charge in [0.15, 0.2) is 8.91 Å². The van der Waals surface area contributed by atoms with Crippen LogP contribution in [0, 0.1) is 0 Å². The van der Waals surface area contributed by atoms with Crippen LogP contribution in [-0.4, -0.2) is 0 Å². The predicted molar refractivity (Wildman–Crippen MR) is 56.3 cm³/mol. The van der Waals surface area contributed by atoms with E-state index in [9.17, 15) is 0 Å². The molecule has 0 spiro atoms. The van der Waals surface area contributed by atoms with Crippen molar-refractivity contribution >= 4 is 46.4 Å². The van der Waals surface area contributed by atoms with E-state index in [1.165, 1.54) is 0 Å². The molecule has 1 aliphatic rings. The number of hydrogen-bond donors (Lipinski definition) is 1. The second-order valence-corrected chi connectivity index (χ2v) is 5.47. The third-order valence-electron chi connectivity index (χ3n) is 1.92. The van der Waals surface area contributed by atoms with Gasteiger partial charge in [-0.25, -0.2) is 5.32 Å². The van der Waals surface area contributed by atoms with Gasteiger partial charge in [0, 0.05) is 11.1 Å².